The number of hydrogen-bond acceptors (Lipinski definition) is 4. The van der Waals surface area contributed by atoms with E-state index in [1.54, 1.807) is 6.20 Å². The van der Waals surface area contributed by atoms with E-state index in [9.17, 15) is 0 Å². The first-order valence-corrected chi connectivity index (χ1v) is 5.71. The van der Waals surface area contributed by atoms with Gasteiger partial charge < -0.3 is 15.5 Å². The van der Waals surface area contributed by atoms with Crippen LogP contribution in [0.5, 0.6) is 0 Å². The normalized spacial score (nSPS) is 20.8. The average Bonchev–Trinajstić information content (AvgIpc) is 2.71. The molecule has 2 rings (SSSR count). The lowest BCUT2D eigenvalue weighted by atomic mass is 10.2. The second-order valence-electron chi connectivity index (χ2n) is 4.75. The Morgan fingerprint density at radius 1 is 1.50 bits per heavy atom. The van der Waals surface area contributed by atoms with Gasteiger partial charge in [-0.3, -0.25) is 0 Å². The van der Waals surface area contributed by atoms with Gasteiger partial charge in [-0.05, 0) is 39.1 Å². The number of nitrogens with zero attached hydrogens (tertiary/aromatic N) is 3. The molecule has 1 unspecified atom stereocenters. The smallest absolute Gasteiger partial charge is 0.128 e. The Balaban J connectivity index is 2.11. The number of likely N-dealkylation sites (N-methyl/N-ethyl adjacent to an activating group) is 1. The molecule has 0 radical (unpaired) electrons. The Kier molecular flexibility index (Phi) is 3.01. The second-order valence-corrected chi connectivity index (χ2v) is 4.75. The van der Waals surface area contributed by atoms with Crippen molar-refractivity contribution in [1.29, 1.82) is 0 Å². The van der Waals surface area contributed by atoms with Gasteiger partial charge in [-0.25, -0.2) is 4.98 Å². The first kappa shape index (κ1) is 11.2. The zero-order valence-corrected chi connectivity index (χ0v) is 10.3. The number of rotatable bonds is 2. The van der Waals surface area contributed by atoms with Gasteiger partial charge in [0.15, 0.2) is 0 Å². The van der Waals surface area contributed by atoms with E-state index in [2.05, 4.69) is 34.9 Å². The van der Waals surface area contributed by atoms with Crippen LogP contribution in [0.3, 0.4) is 0 Å². The van der Waals surface area contributed by atoms with Crippen LogP contribution in [-0.4, -0.2) is 43.1 Å². The topological polar surface area (TPSA) is 45.4 Å². The molecule has 1 aliphatic rings. The number of pyridine rings is 1. The van der Waals surface area contributed by atoms with Gasteiger partial charge in [0.05, 0.1) is 11.9 Å². The molecule has 4 heteroatoms. The van der Waals surface area contributed by atoms with Crippen molar-refractivity contribution in [3.8, 4) is 0 Å². The quantitative estimate of drug-likeness (QED) is 0.811. The van der Waals surface area contributed by atoms with Gasteiger partial charge in [0, 0.05) is 19.1 Å². The van der Waals surface area contributed by atoms with Crippen molar-refractivity contribution >= 4 is 11.5 Å². The molecule has 88 valence electrons. The van der Waals surface area contributed by atoms with Crippen molar-refractivity contribution in [2.75, 3.05) is 37.8 Å². The summed E-state index contributed by atoms with van der Waals surface area (Å²) in [6, 6.07) is 2.72. The third-order valence-corrected chi connectivity index (χ3v) is 3.35. The first-order chi connectivity index (χ1) is 7.58. The van der Waals surface area contributed by atoms with Crippen LogP contribution in [0, 0.1) is 6.92 Å². The summed E-state index contributed by atoms with van der Waals surface area (Å²) in [6.07, 6.45) is 2.96. The molecule has 1 aromatic heterocycles. The van der Waals surface area contributed by atoms with Gasteiger partial charge in [0.1, 0.15) is 5.82 Å². The van der Waals surface area contributed by atoms with Crippen LogP contribution < -0.4 is 10.6 Å². The molecule has 4 nitrogen and oxygen atoms in total. The molecule has 0 saturated carbocycles. The fourth-order valence-corrected chi connectivity index (χ4v) is 2.10. The molecule has 1 aromatic rings. The Labute approximate surface area is 97.1 Å². The maximum Gasteiger partial charge on any atom is 0.128 e. The average molecular weight is 220 g/mol. The standard InChI is InChI=1S/C12H20N4/c1-9-6-12(14-7-11(9)13)16-5-4-10(8-16)15(2)3/h6-7,10H,4-5,8,13H2,1-3H3. The lowest BCUT2D eigenvalue weighted by Gasteiger charge is -2.21. The minimum atomic E-state index is 0.639. The highest BCUT2D eigenvalue weighted by Gasteiger charge is 2.24. The van der Waals surface area contributed by atoms with Gasteiger partial charge in [-0.2, -0.15) is 0 Å². The Morgan fingerprint density at radius 3 is 2.81 bits per heavy atom. The number of hydrogen-bond donors (Lipinski definition) is 1. The van der Waals surface area contributed by atoms with Gasteiger partial charge in [-0.1, -0.05) is 0 Å². The van der Waals surface area contributed by atoms with Gasteiger partial charge in [0.2, 0.25) is 0 Å². The van der Waals surface area contributed by atoms with Crippen molar-refractivity contribution < 1.29 is 0 Å². The Hall–Kier alpha value is -1.29. The highest BCUT2D eigenvalue weighted by molar-refractivity contribution is 5.52. The summed E-state index contributed by atoms with van der Waals surface area (Å²) in [5.74, 6) is 1.05. The van der Waals surface area contributed by atoms with Crippen molar-refractivity contribution in [3.63, 3.8) is 0 Å². The molecule has 0 aliphatic carbocycles. The predicted octanol–water partition coefficient (Wildman–Crippen LogP) is 1.11. The van der Waals surface area contributed by atoms with Gasteiger partial charge in [0.25, 0.3) is 0 Å². The van der Waals surface area contributed by atoms with Crippen molar-refractivity contribution in [2.24, 2.45) is 0 Å². The van der Waals surface area contributed by atoms with E-state index in [1.807, 2.05) is 6.92 Å². The first-order valence-electron chi connectivity index (χ1n) is 5.71. The maximum atomic E-state index is 5.77. The maximum absolute atomic E-state index is 5.77. The zero-order valence-electron chi connectivity index (χ0n) is 10.3. The summed E-state index contributed by atoms with van der Waals surface area (Å²) >= 11 is 0. The summed E-state index contributed by atoms with van der Waals surface area (Å²) in [4.78, 5) is 9.01. The van der Waals surface area contributed by atoms with Crippen LogP contribution in [0.25, 0.3) is 0 Å². The lowest BCUT2D eigenvalue weighted by Crippen LogP contribution is -2.31. The SMILES string of the molecule is Cc1cc(N2CCC(N(C)C)C2)ncc1N. The van der Waals surface area contributed by atoms with E-state index < -0.39 is 0 Å². The molecular weight excluding hydrogens is 200 g/mol. The molecule has 16 heavy (non-hydrogen) atoms. The van der Waals surface area contributed by atoms with E-state index in [1.165, 1.54) is 6.42 Å². The summed E-state index contributed by atoms with van der Waals surface area (Å²) < 4.78 is 0. The van der Waals surface area contributed by atoms with Crippen molar-refractivity contribution in [2.45, 2.75) is 19.4 Å². The van der Waals surface area contributed by atoms with Crippen LogP contribution in [0.1, 0.15) is 12.0 Å². The van der Waals surface area contributed by atoms with Crippen LogP contribution in [-0.2, 0) is 0 Å². The van der Waals surface area contributed by atoms with E-state index in [0.717, 1.165) is 30.2 Å². The molecule has 2 N–H and O–H groups in total. The minimum absolute atomic E-state index is 0.639. The molecular formula is C12H20N4. The number of aryl methyl sites for hydroxylation is 1. The fraction of sp³-hybridized carbons (Fsp3) is 0.583. The predicted molar refractivity (Wildman–Crippen MR) is 67.7 cm³/mol. The molecule has 0 aromatic carbocycles. The third kappa shape index (κ3) is 2.11. The summed E-state index contributed by atoms with van der Waals surface area (Å²) in [5.41, 5.74) is 7.65. The minimum Gasteiger partial charge on any atom is -0.397 e. The van der Waals surface area contributed by atoms with Crippen LogP contribution in [0.15, 0.2) is 12.3 Å². The van der Waals surface area contributed by atoms with E-state index >= 15 is 0 Å². The van der Waals surface area contributed by atoms with Gasteiger partial charge in [-0.15, -0.1) is 0 Å². The van der Waals surface area contributed by atoms with Crippen LogP contribution >= 0.6 is 0 Å². The van der Waals surface area contributed by atoms with Crippen LogP contribution in [0.4, 0.5) is 11.5 Å². The lowest BCUT2D eigenvalue weighted by molar-refractivity contribution is 0.315. The molecule has 1 aliphatic heterocycles. The number of aromatic nitrogens is 1. The summed E-state index contributed by atoms with van der Waals surface area (Å²) in [5, 5.41) is 0. The summed E-state index contributed by atoms with van der Waals surface area (Å²) in [6.45, 7) is 4.17. The Bertz CT molecular complexity index is 375. The number of nitrogens with two attached hydrogens (primary N) is 1. The monoisotopic (exact) mass is 220 g/mol. The number of nitrogen functional groups attached to an aromatic ring is 1. The molecule has 0 bridgehead atoms. The van der Waals surface area contributed by atoms with Crippen LogP contribution in [0.2, 0.25) is 0 Å². The largest absolute Gasteiger partial charge is 0.397 e. The second kappa shape index (κ2) is 4.29. The third-order valence-electron chi connectivity index (χ3n) is 3.35. The molecule has 1 saturated heterocycles. The molecule has 1 atom stereocenters. The highest BCUT2D eigenvalue weighted by Crippen LogP contribution is 2.22. The van der Waals surface area contributed by atoms with E-state index in [0.29, 0.717) is 6.04 Å². The fourth-order valence-electron chi connectivity index (χ4n) is 2.10. The summed E-state index contributed by atoms with van der Waals surface area (Å²) in [7, 11) is 4.27. The molecule has 0 amide bonds. The molecule has 0 spiro atoms. The van der Waals surface area contributed by atoms with E-state index in [4.69, 9.17) is 5.73 Å². The highest BCUT2D eigenvalue weighted by atomic mass is 15.3. The Morgan fingerprint density at radius 2 is 2.25 bits per heavy atom. The number of anilines is 2. The molecule has 1 fully saturated rings. The zero-order chi connectivity index (χ0) is 11.7. The van der Waals surface area contributed by atoms with Crippen molar-refractivity contribution in [1.82, 2.24) is 9.88 Å². The van der Waals surface area contributed by atoms with Gasteiger partial charge >= 0.3 is 0 Å². The molecule has 2 heterocycles. The van der Waals surface area contributed by atoms with E-state index in [-0.39, 0.29) is 0 Å². The van der Waals surface area contributed by atoms with Crippen molar-refractivity contribution in [3.05, 3.63) is 17.8 Å².